The van der Waals surface area contributed by atoms with Crippen molar-refractivity contribution in [3.05, 3.63) is 0 Å². The van der Waals surface area contributed by atoms with Gasteiger partial charge in [-0.05, 0) is 6.92 Å². The minimum Gasteiger partial charge on any atom is -0.387 e. The number of rotatable bonds is 4. The molecule has 0 aromatic carbocycles. The molecule has 1 unspecified atom stereocenters. The number of aliphatic hydroxyl groups is 2. The van der Waals surface area contributed by atoms with Crippen LogP contribution in [0.2, 0.25) is 0 Å². The summed E-state index contributed by atoms with van der Waals surface area (Å²) in [5.41, 5.74) is 5.38. The molecular weight excluding hydrogens is 345 g/mol. The van der Waals surface area contributed by atoms with Crippen LogP contribution in [0.5, 0.6) is 0 Å². The second kappa shape index (κ2) is 5.93. The quantitative estimate of drug-likeness (QED) is 0.334. The Morgan fingerprint density at radius 3 is 2.88 bits per heavy atom. The molecule has 6 N–H and O–H groups in total. The minimum atomic E-state index is -4.72. The van der Waals surface area contributed by atoms with Gasteiger partial charge in [0.1, 0.15) is 37.0 Å². The number of nitrogens with two attached hydrogens (primary N) is 1. The molecule has 0 radical (unpaired) electrons. The van der Waals surface area contributed by atoms with Crippen LogP contribution in [0.1, 0.15) is 6.92 Å². The summed E-state index contributed by atoms with van der Waals surface area (Å²) < 4.78 is 20.6. The van der Waals surface area contributed by atoms with Crippen LogP contribution in [0.4, 0.5) is 0 Å². The molecule has 1 saturated heterocycles. The maximum absolute atomic E-state index is 10.8. The SMILES string of the molecule is CC1(N)N=CN=C2C1=NCN2[C@@H]1O[C@H](COP(=O)(O)O)[C@@H](O)[C@H]1O. The Balaban J connectivity index is 1.74. The Labute approximate surface area is 136 Å². The highest BCUT2D eigenvalue weighted by atomic mass is 31.2. The van der Waals surface area contributed by atoms with Crippen LogP contribution in [-0.2, 0) is 13.8 Å². The first-order valence-electron chi connectivity index (χ1n) is 7.04. The molecule has 0 aliphatic carbocycles. The number of nitrogens with zero attached hydrogens (tertiary/aromatic N) is 4. The summed E-state index contributed by atoms with van der Waals surface area (Å²) in [6, 6.07) is 0. The molecule has 0 bridgehead atoms. The van der Waals surface area contributed by atoms with E-state index in [0.29, 0.717) is 11.5 Å². The van der Waals surface area contributed by atoms with Gasteiger partial charge >= 0.3 is 7.82 Å². The van der Waals surface area contributed by atoms with Gasteiger partial charge in [-0.3, -0.25) is 9.52 Å². The highest BCUT2D eigenvalue weighted by molar-refractivity contribution is 7.46. The number of amidine groups is 1. The first-order valence-corrected chi connectivity index (χ1v) is 8.57. The fraction of sp³-hybridized carbons (Fsp3) is 0.727. The molecule has 5 atom stereocenters. The lowest BCUT2D eigenvalue weighted by Crippen LogP contribution is -2.54. The van der Waals surface area contributed by atoms with E-state index in [0.717, 1.165) is 0 Å². The van der Waals surface area contributed by atoms with Gasteiger partial charge in [-0.2, -0.15) is 0 Å². The predicted octanol–water partition coefficient (Wildman–Crippen LogP) is -2.63. The second-order valence-electron chi connectivity index (χ2n) is 5.80. The molecule has 1 fully saturated rings. The maximum Gasteiger partial charge on any atom is 0.469 e. The number of phosphoric acid groups is 1. The van der Waals surface area contributed by atoms with Crippen LogP contribution < -0.4 is 5.73 Å². The number of ether oxygens (including phenoxy) is 1. The van der Waals surface area contributed by atoms with E-state index in [4.69, 9.17) is 20.3 Å². The van der Waals surface area contributed by atoms with Crippen LogP contribution >= 0.6 is 7.82 Å². The third-order valence-electron chi connectivity index (χ3n) is 3.90. The van der Waals surface area contributed by atoms with E-state index in [1.54, 1.807) is 6.92 Å². The Bertz CT molecular complexity index is 659. The summed E-state index contributed by atoms with van der Waals surface area (Å²) in [4.78, 5) is 31.3. The summed E-state index contributed by atoms with van der Waals surface area (Å²) in [6.07, 6.45) is -3.61. The molecule has 3 aliphatic rings. The van der Waals surface area contributed by atoms with Crippen molar-refractivity contribution < 1.29 is 33.8 Å². The molecular formula is C11H18N5O7P. The summed E-state index contributed by atoms with van der Waals surface area (Å²) in [7, 11) is -4.72. The molecule has 0 spiro atoms. The van der Waals surface area contributed by atoms with Crippen LogP contribution in [0.15, 0.2) is 15.0 Å². The van der Waals surface area contributed by atoms with Crippen molar-refractivity contribution in [1.82, 2.24) is 4.90 Å². The summed E-state index contributed by atoms with van der Waals surface area (Å²) in [6.45, 7) is 1.16. The van der Waals surface area contributed by atoms with Crippen molar-refractivity contribution in [3.63, 3.8) is 0 Å². The van der Waals surface area contributed by atoms with Gasteiger partial charge < -0.3 is 35.4 Å². The Morgan fingerprint density at radius 1 is 1.50 bits per heavy atom. The average Bonchev–Trinajstić information content (AvgIpc) is 3.00. The average molecular weight is 363 g/mol. The van der Waals surface area contributed by atoms with Crippen molar-refractivity contribution in [3.8, 4) is 0 Å². The fourth-order valence-corrected chi connectivity index (χ4v) is 3.04. The van der Waals surface area contributed by atoms with E-state index < -0.39 is 44.6 Å². The van der Waals surface area contributed by atoms with Crippen LogP contribution in [0.3, 0.4) is 0 Å². The zero-order valence-corrected chi connectivity index (χ0v) is 13.5. The Morgan fingerprint density at radius 2 is 2.21 bits per heavy atom. The van der Waals surface area contributed by atoms with Gasteiger partial charge in [0.15, 0.2) is 17.7 Å². The van der Waals surface area contributed by atoms with Crippen molar-refractivity contribution in [2.45, 2.75) is 37.1 Å². The zero-order chi connectivity index (χ0) is 17.7. The normalized spacial score (nSPS) is 39.0. The summed E-state index contributed by atoms with van der Waals surface area (Å²) in [5, 5.41) is 20.2. The lowest BCUT2D eigenvalue weighted by atomic mass is 10.1. The predicted molar refractivity (Wildman–Crippen MR) is 81.3 cm³/mol. The molecule has 12 nitrogen and oxygen atoms in total. The van der Waals surface area contributed by atoms with E-state index in [2.05, 4.69) is 19.5 Å². The van der Waals surface area contributed by atoms with E-state index in [-0.39, 0.29) is 6.67 Å². The standard InChI is InChI=1S/C11H18N5O7P/c1-11(12)8-9(13-3-15-11)16(4-14-8)10-7(18)6(17)5(23-10)2-22-24(19,20)21/h3,5-7,10,17-18H,2,4,12H2,1H3,(H2,19,20,21)/t5-,6-,7-,10-,11?/m1/s1. The lowest BCUT2D eigenvalue weighted by molar-refractivity contribution is -0.0681. The van der Waals surface area contributed by atoms with Crippen molar-refractivity contribution in [2.24, 2.45) is 20.7 Å². The molecule has 0 amide bonds. The van der Waals surface area contributed by atoms with Gasteiger partial charge in [0, 0.05) is 0 Å². The van der Waals surface area contributed by atoms with Crippen molar-refractivity contribution in [1.29, 1.82) is 0 Å². The van der Waals surface area contributed by atoms with E-state index in [9.17, 15) is 14.8 Å². The monoisotopic (exact) mass is 363 g/mol. The smallest absolute Gasteiger partial charge is 0.387 e. The third kappa shape index (κ3) is 3.15. The Kier molecular flexibility index (Phi) is 4.35. The second-order valence-corrected chi connectivity index (χ2v) is 7.03. The largest absolute Gasteiger partial charge is 0.469 e. The highest BCUT2D eigenvalue weighted by Crippen LogP contribution is 2.37. The number of hydrogen-bond acceptors (Lipinski definition) is 10. The fourth-order valence-electron chi connectivity index (χ4n) is 2.70. The molecule has 3 aliphatic heterocycles. The molecule has 3 rings (SSSR count). The van der Waals surface area contributed by atoms with Crippen LogP contribution in [0.25, 0.3) is 0 Å². The molecule has 13 heteroatoms. The number of fused-ring (bicyclic) bond motifs is 1. The minimum absolute atomic E-state index is 0.0881. The summed E-state index contributed by atoms with van der Waals surface area (Å²) in [5.74, 6) is 0.364. The zero-order valence-electron chi connectivity index (χ0n) is 12.6. The van der Waals surface area contributed by atoms with E-state index >= 15 is 0 Å². The topological polar surface area (TPSA) is 183 Å². The number of aliphatic imine (C=N–C) groups is 3. The van der Waals surface area contributed by atoms with Gasteiger partial charge in [-0.15, -0.1) is 0 Å². The van der Waals surface area contributed by atoms with Crippen molar-refractivity contribution >= 4 is 25.7 Å². The van der Waals surface area contributed by atoms with Gasteiger partial charge in [0.2, 0.25) is 0 Å². The third-order valence-corrected chi connectivity index (χ3v) is 4.39. The van der Waals surface area contributed by atoms with Crippen LogP contribution in [0, 0.1) is 0 Å². The van der Waals surface area contributed by atoms with E-state index in [1.165, 1.54) is 11.2 Å². The van der Waals surface area contributed by atoms with E-state index in [1.807, 2.05) is 0 Å². The molecule has 24 heavy (non-hydrogen) atoms. The number of hydrogen-bond donors (Lipinski definition) is 5. The first-order chi connectivity index (χ1) is 11.1. The number of aliphatic hydroxyl groups excluding tert-OH is 2. The Hall–Kier alpha value is -1.24. The molecule has 0 aromatic rings. The maximum atomic E-state index is 10.8. The van der Waals surface area contributed by atoms with Gasteiger partial charge in [0.05, 0.1) is 6.61 Å². The molecule has 3 heterocycles. The van der Waals surface area contributed by atoms with Crippen LogP contribution in [-0.4, -0.2) is 86.3 Å². The number of phosphoric ester groups is 1. The molecule has 0 aromatic heterocycles. The van der Waals surface area contributed by atoms with Gasteiger partial charge in [-0.25, -0.2) is 14.5 Å². The van der Waals surface area contributed by atoms with Gasteiger partial charge in [0.25, 0.3) is 0 Å². The van der Waals surface area contributed by atoms with Crippen molar-refractivity contribution in [2.75, 3.05) is 13.3 Å². The highest BCUT2D eigenvalue weighted by Gasteiger charge is 2.50. The lowest BCUT2D eigenvalue weighted by Gasteiger charge is -2.30. The molecule has 0 saturated carbocycles. The first kappa shape index (κ1) is 17.6. The molecule has 134 valence electrons. The summed E-state index contributed by atoms with van der Waals surface area (Å²) >= 11 is 0. The van der Waals surface area contributed by atoms with Gasteiger partial charge in [-0.1, -0.05) is 0 Å².